The number of thiocarbonyl (C=S) groups is 1. The highest BCUT2D eigenvalue weighted by atomic mass is 32.1. The minimum absolute atomic E-state index is 0.0311. The molecule has 0 spiro atoms. The standard InChI is InChI=1S/C26H30N4OS/c1-17-15-22(18(2)29(17)20-11-8-12-21(16-20)31-3)25-24(23-13-6-7-14-27-23)28-26(32)30(25)19-9-4-5-10-19/h6-8,11-16,19,24-25H,4-5,9-10H2,1-3H3,(H,28,32)/t24-,25+/m1/s1. The maximum absolute atomic E-state index is 5.90. The van der Waals surface area contributed by atoms with Crippen LogP contribution in [0.2, 0.25) is 0 Å². The zero-order chi connectivity index (χ0) is 22.2. The molecule has 1 saturated carbocycles. The molecule has 2 aromatic heterocycles. The van der Waals surface area contributed by atoms with E-state index in [9.17, 15) is 0 Å². The number of hydrogen-bond acceptors (Lipinski definition) is 3. The molecule has 32 heavy (non-hydrogen) atoms. The maximum atomic E-state index is 5.90. The van der Waals surface area contributed by atoms with Crippen molar-refractivity contribution >= 4 is 17.3 Å². The summed E-state index contributed by atoms with van der Waals surface area (Å²) >= 11 is 5.90. The summed E-state index contributed by atoms with van der Waals surface area (Å²) in [5.74, 6) is 0.860. The van der Waals surface area contributed by atoms with Gasteiger partial charge in [0, 0.05) is 35.4 Å². The van der Waals surface area contributed by atoms with Crippen molar-refractivity contribution in [2.75, 3.05) is 7.11 Å². The van der Waals surface area contributed by atoms with Crippen molar-refractivity contribution in [3.05, 3.63) is 77.4 Å². The van der Waals surface area contributed by atoms with Crippen LogP contribution in [0.5, 0.6) is 5.75 Å². The fraction of sp³-hybridized carbons (Fsp3) is 0.385. The van der Waals surface area contributed by atoms with Gasteiger partial charge in [-0.15, -0.1) is 0 Å². The number of methoxy groups -OCH3 is 1. The van der Waals surface area contributed by atoms with Crippen LogP contribution in [0.25, 0.3) is 5.69 Å². The molecule has 3 aromatic rings. The second-order valence-corrected chi connectivity index (χ2v) is 9.22. The molecule has 5 rings (SSSR count). The molecule has 1 saturated heterocycles. The molecule has 1 N–H and O–H groups in total. The van der Waals surface area contributed by atoms with Crippen LogP contribution in [0, 0.1) is 13.8 Å². The monoisotopic (exact) mass is 446 g/mol. The van der Waals surface area contributed by atoms with Gasteiger partial charge in [-0.2, -0.15) is 0 Å². The normalized spacial score (nSPS) is 21.2. The maximum Gasteiger partial charge on any atom is 0.170 e. The summed E-state index contributed by atoms with van der Waals surface area (Å²) in [6.45, 7) is 4.39. The van der Waals surface area contributed by atoms with E-state index in [1.807, 2.05) is 24.4 Å². The SMILES string of the molecule is COc1cccc(-n2c(C)cc([C@H]3[C@@H](c4ccccn4)NC(=S)N3C3CCCC3)c2C)c1. The third-order valence-electron chi connectivity index (χ3n) is 6.95. The summed E-state index contributed by atoms with van der Waals surface area (Å²) in [5.41, 5.74) is 5.89. The predicted octanol–water partition coefficient (Wildman–Crippen LogP) is 5.41. The topological polar surface area (TPSA) is 42.3 Å². The van der Waals surface area contributed by atoms with Crippen molar-refractivity contribution in [1.29, 1.82) is 0 Å². The second-order valence-electron chi connectivity index (χ2n) is 8.84. The average molecular weight is 447 g/mol. The number of hydrogen-bond donors (Lipinski definition) is 1. The number of pyridine rings is 1. The number of aromatic nitrogens is 2. The molecule has 166 valence electrons. The van der Waals surface area contributed by atoms with E-state index in [2.05, 4.69) is 59.0 Å². The summed E-state index contributed by atoms with van der Waals surface area (Å²) < 4.78 is 7.80. The molecule has 2 aliphatic rings. The number of nitrogens with zero attached hydrogens (tertiary/aromatic N) is 3. The van der Waals surface area contributed by atoms with Gasteiger partial charge in [-0.3, -0.25) is 4.98 Å². The quantitative estimate of drug-likeness (QED) is 0.531. The van der Waals surface area contributed by atoms with Crippen molar-refractivity contribution in [2.24, 2.45) is 0 Å². The molecule has 2 atom stereocenters. The Bertz CT molecular complexity index is 1120. The van der Waals surface area contributed by atoms with E-state index < -0.39 is 0 Å². The first-order valence-corrected chi connectivity index (χ1v) is 11.8. The van der Waals surface area contributed by atoms with Gasteiger partial charge < -0.3 is 19.5 Å². The van der Waals surface area contributed by atoms with Gasteiger partial charge in [0.2, 0.25) is 0 Å². The van der Waals surface area contributed by atoms with Crippen molar-refractivity contribution in [3.8, 4) is 11.4 Å². The first-order valence-electron chi connectivity index (χ1n) is 11.4. The molecule has 0 unspecified atom stereocenters. The van der Waals surface area contributed by atoms with Crippen molar-refractivity contribution < 1.29 is 4.74 Å². The van der Waals surface area contributed by atoms with E-state index in [1.165, 1.54) is 42.6 Å². The predicted molar refractivity (Wildman–Crippen MR) is 131 cm³/mol. The van der Waals surface area contributed by atoms with Gasteiger partial charge in [0.15, 0.2) is 5.11 Å². The molecule has 5 nitrogen and oxygen atoms in total. The summed E-state index contributed by atoms with van der Waals surface area (Å²) in [5, 5.41) is 4.48. The summed E-state index contributed by atoms with van der Waals surface area (Å²) in [6.07, 6.45) is 6.81. The summed E-state index contributed by atoms with van der Waals surface area (Å²) in [4.78, 5) is 7.17. The van der Waals surface area contributed by atoms with Crippen LogP contribution >= 0.6 is 12.2 Å². The molecule has 3 heterocycles. The van der Waals surface area contributed by atoms with Crippen LogP contribution in [0.15, 0.2) is 54.7 Å². The van der Waals surface area contributed by atoms with E-state index >= 15 is 0 Å². The lowest BCUT2D eigenvalue weighted by molar-refractivity contribution is 0.245. The first kappa shape index (κ1) is 21.0. The zero-order valence-electron chi connectivity index (χ0n) is 18.9. The van der Waals surface area contributed by atoms with Crippen LogP contribution in [0.3, 0.4) is 0 Å². The number of ether oxygens (including phenoxy) is 1. The van der Waals surface area contributed by atoms with Crippen LogP contribution in [-0.4, -0.2) is 32.7 Å². The Morgan fingerprint density at radius 1 is 1.06 bits per heavy atom. The molecule has 6 heteroatoms. The van der Waals surface area contributed by atoms with Crippen LogP contribution < -0.4 is 10.1 Å². The lowest BCUT2D eigenvalue weighted by Crippen LogP contribution is -2.37. The zero-order valence-corrected chi connectivity index (χ0v) is 19.7. The van der Waals surface area contributed by atoms with Crippen LogP contribution in [0.1, 0.15) is 60.4 Å². The lowest BCUT2D eigenvalue weighted by atomic mass is 9.95. The molecule has 2 fully saturated rings. The number of nitrogens with one attached hydrogen (secondary N) is 1. The Hall–Kier alpha value is -2.86. The Morgan fingerprint density at radius 3 is 2.59 bits per heavy atom. The largest absolute Gasteiger partial charge is 0.497 e. The number of rotatable bonds is 5. The molecule has 0 bridgehead atoms. The Morgan fingerprint density at radius 2 is 1.88 bits per heavy atom. The van der Waals surface area contributed by atoms with Gasteiger partial charge in [0.1, 0.15) is 5.75 Å². The van der Waals surface area contributed by atoms with Crippen LogP contribution in [-0.2, 0) is 0 Å². The minimum Gasteiger partial charge on any atom is -0.497 e. The third kappa shape index (κ3) is 3.56. The first-order chi connectivity index (χ1) is 15.6. The number of benzene rings is 1. The van der Waals surface area contributed by atoms with Gasteiger partial charge in [-0.05, 0) is 74.8 Å². The van der Waals surface area contributed by atoms with E-state index in [0.29, 0.717) is 6.04 Å². The highest BCUT2D eigenvalue weighted by Gasteiger charge is 2.44. The molecular formula is C26H30N4OS. The molecule has 0 amide bonds. The Labute approximate surface area is 195 Å². The molecular weight excluding hydrogens is 416 g/mol. The van der Waals surface area contributed by atoms with Crippen molar-refractivity contribution in [3.63, 3.8) is 0 Å². The molecule has 1 aliphatic carbocycles. The van der Waals surface area contributed by atoms with E-state index in [-0.39, 0.29) is 12.1 Å². The fourth-order valence-corrected chi connectivity index (χ4v) is 5.90. The van der Waals surface area contributed by atoms with E-state index in [0.717, 1.165) is 22.2 Å². The Kier molecular flexibility index (Phi) is 5.64. The molecule has 0 radical (unpaired) electrons. The smallest absolute Gasteiger partial charge is 0.170 e. The number of aryl methyl sites for hydroxylation is 1. The average Bonchev–Trinajstić information content (AvgIpc) is 3.52. The molecule has 1 aromatic carbocycles. The summed E-state index contributed by atoms with van der Waals surface area (Å²) in [6, 6.07) is 17.3. The van der Waals surface area contributed by atoms with E-state index in [1.54, 1.807) is 7.11 Å². The fourth-order valence-electron chi connectivity index (χ4n) is 5.51. The van der Waals surface area contributed by atoms with E-state index in [4.69, 9.17) is 21.9 Å². The van der Waals surface area contributed by atoms with Crippen molar-refractivity contribution in [2.45, 2.75) is 57.7 Å². The highest BCUT2D eigenvalue weighted by Crippen LogP contribution is 2.44. The van der Waals surface area contributed by atoms with Crippen LogP contribution in [0.4, 0.5) is 0 Å². The second kappa shape index (κ2) is 8.58. The van der Waals surface area contributed by atoms with Gasteiger partial charge in [0.25, 0.3) is 0 Å². The summed E-state index contributed by atoms with van der Waals surface area (Å²) in [7, 11) is 1.71. The van der Waals surface area contributed by atoms with Gasteiger partial charge >= 0.3 is 0 Å². The lowest BCUT2D eigenvalue weighted by Gasteiger charge is -2.33. The van der Waals surface area contributed by atoms with Crippen molar-refractivity contribution in [1.82, 2.24) is 19.8 Å². The molecule has 1 aliphatic heterocycles. The van der Waals surface area contributed by atoms with Gasteiger partial charge in [0.05, 0.1) is 24.9 Å². The highest BCUT2D eigenvalue weighted by molar-refractivity contribution is 7.80. The Balaban J connectivity index is 1.63. The minimum atomic E-state index is 0.0311. The van der Waals surface area contributed by atoms with Gasteiger partial charge in [-0.25, -0.2) is 0 Å². The van der Waals surface area contributed by atoms with Gasteiger partial charge in [-0.1, -0.05) is 25.0 Å². The third-order valence-corrected chi connectivity index (χ3v) is 7.28.